The average molecular weight is 485 g/mol. The van der Waals surface area contributed by atoms with Crippen LogP contribution in [0.3, 0.4) is 0 Å². The quantitative estimate of drug-likeness (QED) is 0.406. The van der Waals surface area contributed by atoms with Crippen LogP contribution in [-0.4, -0.2) is 47.2 Å². The second-order valence-corrected chi connectivity index (χ2v) is 9.19. The monoisotopic (exact) mass is 484 g/mol. The Hall–Kier alpha value is -2.81. The van der Waals surface area contributed by atoms with E-state index in [-0.39, 0.29) is 17.2 Å². The molecule has 172 valence electrons. The van der Waals surface area contributed by atoms with Crippen molar-refractivity contribution < 1.29 is 9.53 Å². The molecule has 3 aromatic rings. The van der Waals surface area contributed by atoms with E-state index >= 15 is 0 Å². The Kier molecular flexibility index (Phi) is 7.37. The number of rotatable bonds is 7. The van der Waals surface area contributed by atoms with Crippen molar-refractivity contribution in [1.82, 2.24) is 14.9 Å². The van der Waals surface area contributed by atoms with Crippen LogP contribution in [0.1, 0.15) is 16.8 Å². The van der Waals surface area contributed by atoms with Crippen molar-refractivity contribution >= 4 is 35.0 Å². The lowest BCUT2D eigenvalue weighted by molar-refractivity contribution is -0.115. The number of benzene rings is 2. The largest absolute Gasteiger partial charge is 0.496 e. The van der Waals surface area contributed by atoms with Crippen molar-refractivity contribution in [1.29, 1.82) is 0 Å². The maximum absolute atomic E-state index is 12.8. The van der Waals surface area contributed by atoms with Gasteiger partial charge in [0.25, 0.3) is 5.56 Å². The fraction of sp³-hybridized carbons (Fsp3) is 0.292. The van der Waals surface area contributed by atoms with Crippen molar-refractivity contribution in [2.24, 2.45) is 0 Å². The van der Waals surface area contributed by atoms with Crippen LogP contribution in [0.25, 0.3) is 0 Å². The number of anilines is 1. The third-order valence-electron chi connectivity index (χ3n) is 5.61. The van der Waals surface area contributed by atoms with Crippen molar-refractivity contribution in [2.75, 3.05) is 31.4 Å². The minimum atomic E-state index is -0.150. The number of hydrogen-bond donors (Lipinski definition) is 1. The van der Waals surface area contributed by atoms with Crippen LogP contribution in [0.5, 0.6) is 5.75 Å². The van der Waals surface area contributed by atoms with E-state index in [2.05, 4.69) is 14.9 Å². The Morgan fingerprint density at radius 3 is 2.88 bits per heavy atom. The van der Waals surface area contributed by atoms with Crippen LogP contribution in [0.2, 0.25) is 5.02 Å². The van der Waals surface area contributed by atoms with Gasteiger partial charge in [-0.1, -0.05) is 47.6 Å². The number of nitrogens with one attached hydrogen (secondary N) is 1. The molecule has 1 aliphatic rings. The lowest BCUT2D eigenvalue weighted by atomic mass is 10.1. The molecule has 0 bridgehead atoms. The molecule has 0 fully saturated rings. The minimum absolute atomic E-state index is 0.106. The summed E-state index contributed by atoms with van der Waals surface area (Å²) in [5.41, 5.74) is 3.14. The smallest absolute Gasteiger partial charge is 0.256 e. The normalized spacial score (nSPS) is 13.4. The molecule has 0 radical (unpaired) electrons. The molecule has 7 nitrogen and oxygen atoms in total. The number of carbonyl (C=O) groups excluding carboxylic acids is 1. The summed E-state index contributed by atoms with van der Waals surface area (Å²) in [6.45, 7) is 2.02. The van der Waals surface area contributed by atoms with Crippen molar-refractivity contribution in [3.63, 3.8) is 0 Å². The van der Waals surface area contributed by atoms with Gasteiger partial charge in [0.15, 0.2) is 5.16 Å². The number of halogens is 1. The number of hydrogen-bond acceptors (Lipinski definition) is 6. The topological polar surface area (TPSA) is 78.5 Å². The zero-order chi connectivity index (χ0) is 23.4. The van der Waals surface area contributed by atoms with Crippen LogP contribution in [0.15, 0.2) is 58.5 Å². The molecular weight excluding hydrogens is 460 g/mol. The lowest BCUT2D eigenvalue weighted by Crippen LogP contribution is -2.35. The van der Waals surface area contributed by atoms with E-state index in [0.29, 0.717) is 35.3 Å². The van der Waals surface area contributed by atoms with Crippen LogP contribution >= 0.6 is 23.4 Å². The molecule has 33 heavy (non-hydrogen) atoms. The number of carbonyl (C=O) groups is 1. The Morgan fingerprint density at radius 2 is 2.09 bits per heavy atom. The first kappa shape index (κ1) is 23.4. The highest BCUT2D eigenvalue weighted by Crippen LogP contribution is 2.24. The Labute approximate surface area is 201 Å². The summed E-state index contributed by atoms with van der Waals surface area (Å²) in [7, 11) is 3.36. The molecular formula is C24H25ClN4O3S. The van der Waals surface area contributed by atoms with Gasteiger partial charge < -0.3 is 14.6 Å². The Balaban J connectivity index is 1.40. The highest BCUT2D eigenvalue weighted by Gasteiger charge is 2.22. The van der Waals surface area contributed by atoms with Gasteiger partial charge in [-0.2, -0.15) is 0 Å². The molecule has 0 spiro atoms. The van der Waals surface area contributed by atoms with Gasteiger partial charge in [0, 0.05) is 49.4 Å². The number of para-hydroxylation sites is 1. The number of aromatic nitrogens is 2. The summed E-state index contributed by atoms with van der Waals surface area (Å²) in [6.07, 6.45) is 0.679. The molecule has 0 aliphatic carbocycles. The number of methoxy groups -OCH3 is 1. The lowest BCUT2D eigenvalue weighted by Gasteiger charge is -2.28. The molecule has 2 heterocycles. The molecule has 2 aromatic carbocycles. The molecule has 4 rings (SSSR count). The van der Waals surface area contributed by atoms with Gasteiger partial charge >= 0.3 is 0 Å². The van der Waals surface area contributed by atoms with Crippen molar-refractivity contribution in [3.8, 4) is 5.75 Å². The molecule has 0 unspecified atom stereocenters. The summed E-state index contributed by atoms with van der Waals surface area (Å²) in [5.74, 6) is 0.894. The predicted octanol–water partition coefficient (Wildman–Crippen LogP) is 3.75. The zero-order valence-corrected chi connectivity index (χ0v) is 20.1. The summed E-state index contributed by atoms with van der Waals surface area (Å²) in [6, 6.07) is 15.0. The summed E-state index contributed by atoms with van der Waals surface area (Å²) in [4.78, 5) is 36.6. The van der Waals surface area contributed by atoms with Gasteiger partial charge in [0.2, 0.25) is 5.91 Å². The highest BCUT2D eigenvalue weighted by molar-refractivity contribution is 7.99. The first-order valence-corrected chi connectivity index (χ1v) is 11.9. The van der Waals surface area contributed by atoms with E-state index in [0.717, 1.165) is 29.2 Å². The van der Waals surface area contributed by atoms with E-state index < -0.39 is 0 Å². The SMILES string of the molecule is COc1ccccc1CN1CCc2nc(SCC(=O)N(C)c3cccc(Cl)c3)[nH]c(=O)c2C1. The average Bonchev–Trinajstić information content (AvgIpc) is 2.82. The number of aromatic amines is 1. The van der Waals surface area contributed by atoms with Crippen LogP contribution in [-0.2, 0) is 24.3 Å². The van der Waals surface area contributed by atoms with E-state index in [1.165, 1.54) is 11.8 Å². The van der Waals surface area contributed by atoms with Crippen LogP contribution in [0.4, 0.5) is 5.69 Å². The predicted molar refractivity (Wildman–Crippen MR) is 131 cm³/mol. The second-order valence-electron chi connectivity index (χ2n) is 7.79. The molecule has 1 N–H and O–H groups in total. The molecule has 0 saturated heterocycles. The first-order valence-electron chi connectivity index (χ1n) is 10.6. The van der Waals surface area contributed by atoms with Crippen molar-refractivity contribution in [2.45, 2.75) is 24.7 Å². The molecule has 9 heteroatoms. The molecule has 1 aliphatic heterocycles. The van der Waals surface area contributed by atoms with Gasteiger partial charge in [-0.3, -0.25) is 14.5 Å². The number of thioether (sulfide) groups is 1. The maximum Gasteiger partial charge on any atom is 0.256 e. The zero-order valence-electron chi connectivity index (χ0n) is 18.5. The number of ether oxygens (including phenoxy) is 1. The highest BCUT2D eigenvalue weighted by atomic mass is 35.5. The maximum atomic E-state index is 12.8. The molecule has 1 amide bonds. The van der Waals surface area contributed by atoms with Gasteiger partial charge in [0.05, 0.1) is 24.1 Å². The second kappa shape index (κ2) is 10.4. The minimum Gasteiger partial charge on any atom is -0.496 e. The van der Waals surface area contributed by atoms with E-state index in [1.54, 1.807) is 37.3 Å². The van der Waals surface area contributed by atoms with Gasteiger partial charge in [-0.05, 0) is 24.3 Å². The van der Waals surface area contributed by atoms with Crippen LogP contribution in [0, 0.1) is 0 Å². The molecule has 1 aromatic heterocycles. The first-order chi connectivity index (χ1) is 15.9. The fourth-order valence-electron chi connectivity index (χ4n) is 3.79. The van der Waals surface area contributed by atoms with Gasteiger partial charge in [-0.25, -0.2) is 4.98 Å². The third-order valence-corrected chi connectivity index (χ3v) is 6.71. The summed E-state index contributed by atoms with van der Waals surface area (Å²) < 4.78 is 5.45. The van der Waals surface area contributed by atoms with E-state index in [9.17, 15) is 9.59 Å². The van der Waals surface area contributed by atoms with Gasteiger partial charge in [-0.15, -0.1) is 0 Å². The third kappa shape index (κ3) is 5.58. The summed E-state index contributed by atoms with van der Waals surface area (Å²) in [5, 5.41) is 1.03. The number of H-pyrrole nitrogens is 1. The standard InChI is InChI=1S/C24H25ClN4O3S/c1-28(18-8-5-7-17(25)12-18)22(30)15-33-24-26-20-10-11-29(14-19(20)23(31)27-24)13-16-6-3-4-9-21(16)32-2/h3-9,12H,10-11,13-15H2,1-2H3,(H,26,27,31). The Morgan fingerprint density at radius 1 is 1.27 bits per heavy atom. The van der Waals surface area contributed by atoms with Crippen molar-refractivity contribution in [3.05, 3.63) is 80.7 Å². The molecule has 0 saturated carbocycles. The Bertz CT molecular complexity index is 1220. The fourth-order valence-corrected chi connectivity index (χ4v) is 4.77. The molecule has 0 atom stereocenters. The van der Waals surface area contributed by atoms with Crippen LogP contribution < -0.4 is 15.2 Å². The number of amides is 1. The van der Waals surface area contributed by atoms with E-state index in [4.69, 9.17) is 16.3 Å². The number of nitrogens with zero attached hydrogens (tertiary/aromatic N) is 3. The number of fused-ring (bicyclic) bond motifs is 1. The van der Waals surface area contributed by atoms with E-state index in [1.807, 2.05) is 30.3 Å². The van der Waals surface area contributed by atoms with Gasteiger partial charge in [0.1, 0.15) is 5.75 Å². The summed E-state index contributed by atoms with van der Waals surface area (Å²) >= 11 is 7.25.